The van der Waals surface area contributed by atoms with Crippen molar-refractivity contribution in [3.8, 4) is 0 Å². The lowest BCUT2D eigenvalue weighted by atomic mass is 10.3. The summed E-state index contributed by atoms with van der Waals surface area (Å²) in [5, 5.41) is 11.6. The van der Waals surface area contributed by atoms with Crippen molar-refractivity contribution in [1.29, 1.82) is 0 Å². The zero-order chi connectivity index (χ0) is 11.4. The van der Waals surface area contributed by atoms with E-state index in [9.17, 15) is 0 Å². The molecule has 1 aromatic rings. The Labute approximate surface area is 101 Å². The Kier molecular flexibility index (Phi) is 3.77. The molecule has 0 atom stereocenters. The number of rotatable bonds is 3. The van der Waals surface area contributed by atoms with E-state index < -0.39 is 0 Å². The summed E-state index contributed by atoms with van der Waals surface area (Å²) in [5.41, 5.74) is 1.01. The van der Waals surface area contributed by atoms with Crippen LogP contribution in [0.3, 0.4) is 0 Å². The van der Waals surface area contributed by atoms with Gasteiger partial charge >= 0.3 is 0 Å². The molecule has 2 rings (SSSR count). The van der Waals surface area contributed by atoms with Crippen molar-refractivity contribution < 1.29 is 0 Å². The second kappa shape index (κ2) is 5.30. The summed E-state index contributed by atoms with van der Waals surface area (Å²) in [5.74, 6) is 0. The number of nitrogens with one attached hydrogen (secondary N) is 2. The largest absolute Gasteiger partial charge is 0.360 e. The van der Waals surface area contributed by atoms with Gasteiger partial charge < -0.3 is 10.6 Å². The van der Waals surface area contributed by atoms with Crippen LogP contribution >= 0.6 is 12.2 Å². The van der Waals surface area contributed by atoms with Crippen LogP contribution in [0.1, 0.15) is 31.4 Å². The van der Waals surface area contributed by atoms with Gasteiger partial charge in [0.25, 0.3) is 0 Å². The third kappa shape index (κ3) is 3.20. The van der Waals surface area contributed by atoms with E-state index in [0.29, 0.717) is 12.6 Å². The first-order chi connectivity index (χ1) is 7.74. The third-order valence-electron chi connectivity index (χ3n) is 2.89. The van der Waals surface area contributed by atoms with Crippen LogP contribution in [0.4, 0.5) is 0 Å². The molecule has 1 saturated carbocycles. The molecule has 88 valence electrons. The lowest BCUT2D eigenvalue weighted by Gasteiger charge is -2.14. The highest BCUT2D eigenvalue weighted by Crippen LogP contribution is 2.17. The van der Waals surface area contributed by atoms with E-state index >= 15 is 0 Å². The molecule has 1 heterocycles. The maximum Gasteiger partial charge on any atom is 0.166 e. The van der Waals surface area contributed by atoms with E-state index in [4.69, 9.17) is 12.2 Å². The highest BCUT2D eigenvalue weighted by molar-refractivity contribution is 7.80. The summed E-state index contributed by atoms with van der Waals surface area (Å²) in [6, 6.07) is 2.56. The van der Waals surface area contributed by atoms with Crippen LogP contribution in [-0.2, 0) is 13.6 Å². The van der Waals surface area contributed by atoms with E-state index in [1.807, 2.05) is 19.3 Å². The number of nitrogens with zero attached hydrogens (tertiary/aromatic N) is 2. The molecule has 0 aromatic carbocycles. The van der Waals surface area contributed by atoms with Gasteiger partial charge in [0.2, 0.25) is 0 Å². The molecule has 0 unspecified atom stereocenters. The minimum absolute atomic E-state index is 0.573. The standard InChI is InChI=1S/C11H18N4S/c1-15-7-6-10(14-15)8-12-11(16)13-9-4-2-3-5-9/h6-7,9H,2-5,8H2,1H3,(H2,12,13,16). The maximum absolute atomic E-state index is 5.24. The molecule has 0 amide bonds. The monoisotopic (exact) mass is 238 g/mol. The second-order valence-electron chi connectivity index (χ2n) is 4.29. The summed E-state index contributed by atoms with van der Waals surface area (Å²) in [4.78, 5) is 0. The Hall–Kier alpha value is -1.10. The molecule has 5 heteroatoms. The van der Waals surface area contributed by atoms with Gasteiger partial charge in [-0.25, -0.2) is 0 Å². The number of hydrogen-bond acceptors (Lipinski definition) is 2. The lowest BCUT2D eigenvalue weighted by Crippen LogP contribution is -2.40. The van der Waals surface area contributed by atoms with Gasteiger partial charge in [-0.15, -0.1) is 0 Å². The molecule has 0 bridgehead atoms. The molecule has 1 fully saturated rings. The van der Waals surface area contributed by atoms with Gasteiger partial charge in [0.1, 0.15) is 0 Å². The van der Waals surface area contributed by atoms with Gasteiger partial charge in [0, 0.05) is 19.3 Å². The molecule has 1 aromatic heterocycles. The average Bonchev–Trinajstić information content (AvgIpc) is 2.87. The molecule has 2 N–H and O–H groups in total. The van der Waals surface area contributed by atoms with Crippen molar-refractivity contribution in [2.75, 3.05) is 0 Å². The van der Waals surface area contributed by atoms with Crippen LogP contribution in [-0.4, -0.2) is 20.9 Å². The number of thiocarbonyl (C=S) groups is 1. The summed E-state index contributed by atoms with van der Waals surface area (Å²) in [6.07, 6.45) is 7.06. The Morgan fingerprint density at radius 3 is 2.94 bits per heavy atom. The molecule has 0 aliphatic heterocycles. The van der Waals surface area contributed by atoms with Crippen LogP contribution in [0, 0.1) is 0 Å². The van der Waals surface area contributed by atoms with Gasteiger partial charge in [0.15, 0.2) is 5.11 Å². The Morgan fingerprint density at radius 1 is 1.56 bits per heavy atom. The zero-order valence-electron chi connectivity index (χ0n) is 9.57. The predicted octanol–water partition coefficient (Wildman–Crippen LogP) is 1.33. The van der Waals surface area contributed by atoms with Gasteiger partial charge in [-0.2, -0.15) is 5.10 Å². The minimum atomic E-state index is 0.573. The fourth-order valence-corrected chi connectivity index (χ4v) is 2.27. The SMILES string of the molecule is Cn1ccc(CNC(=S)NC2CCCC2)n1. The minimum Gasteiger partial charge on any atom is -0.360 e. The quantitative estimate of drug-likeness (QED) is 0.780. The Morgan fingerprint density at radius 2 is 2.31 bits per heavy atom. The average molecular weight is 238 g/mol. The van der Waals surface area contributed by atoms with E-state index in [-0.39, 0.29) is 0 Å². The predicted molar refractivity (Wildman–Crippen MR) is 68.0 cm³/mol. The first-order valence-electron chi connectivity index (χ1n) is 5.77. The van der Waals surface area contributed by atoms with Crippen LogP contribution in [0.2, 0.25) is 0 Å². The molecule has 0 saturated heterocycles. The van der Waals surface area contributed by atoms with E-state index in [0.717, 1.165) is 10.8 Å². The number of aryl methyl sites for hydroxylation is 1. The van der Waals surface area contributed by atoms with Crippen molar-refractivity contribution in [2.24, 2.45) is 7.05 Å². The highest BCUT2D eigenvalue weighted by Gasteiger charge is 2.15. The first kappa shape index (κ1) is 11.4. The fourth-order valence-electron chi connectivity index (χ4n) is 2.03. The molecular weight excluding hydrogens is 220 g/mol. The van der Waals surface area contributed by atoms with Crippen molar-refractivity contribution in [3.63, 3.8) is 0 Å². The topological polar surface area (TPSA) is 41.9 Å². The summed E-state index contributed by atoms with van der Waals surface area (Å²) >= 11 is 5.24. The van der Waals surface area contributed by atoms with Crippen molar-refractivity contribution in [3.05, 3.63) is 18.0 Å². The zero-order valence-corrected chi connectivity index (χ0v) is 10.4. The third-order valence-corrected chi connectivity index (χ3v) is 3.15. The molecule has 1 aliphatic carbocycles. The number of aromatic nitrogens is 2. The molecule has 1 aliphatic rings. The molecule has 16 heavy (non-hydrogen) atoms. The van der Waals surface area contributed by atoms with E-state index in [1.165, 1.54) is 25.7 Å². The van der Waals surface area contributed by atoms with E-state index in [2.05, 4.69) is 15.7 Å². The highest BCUT2D eigenvalue weighted by atomic mass is 32.1. The van der Waals surface area contributed by atoms with Crippen molar-refractivity contribution in [1.82, 2.24) is 20.4 Å². The van der Waals surface area contributed by atoms with Gasteiger partial charge in [-0.3, -0.25) is 4.68 Å². The summed E-state index contributed by atoms with van der Waals surface area (Å²) < 4.78 is 1.80. The second-order valence-corrected chi connectivity index (χ2v) is 4.70. The Bertz CT molecular complexity index is 355. The maximum atomic E-state index is 5.24. The summed E-state index contributed by atoms with van der Waals surface area (Å²) in [7, 11) is 1.92. The van der Waals surface area contributed by atoms with Gasteiger partial charge in [-0.05, 0) is 31.1 Å². The Balaban J connectivity index is 1.71. The van der Waals surface area contributed by atoms with Crippen LogP contribution < -0.4 is 10.6 Å². The number of hydrogen-bond donors (Lipinski definition) is 2. The van der Waals surface area contributed by atoms with Crippen LogP contribution in [0.5, 0.6) is 0 Å². The molecule has 4 nitrogen and oxygen atoms in total. The fraction of sp³-hybridized carbons (Fsp3) is 0.636. The van der Waals surface area contributed by atoms with Crippen LogP contribution in [0.25, 0.3) is 0 Å². The molecular formula is C11H18N4S. The lowest BCUT2D eigenvalue weighted by molar-refractivity contribution is 0.619. The van der Waals surface area contributed by atoms with Crippen LogP contribution in [0.15, 0.2) is 12.3 Å². The normalized spacial score (nSPS) is 16.3. The smallest absolute Gasteiger partial charge is 0.166 e. The van der Waals surface area contributed by atoms with Gasteiger partial charge in [-0.1, -0.05) is 12.8 Å². The van der Waals surface area contributed by atoms with Gasteiger partial charge in [0.05, 0.1) is 12.2 Å². The molecule has 0 radical (unpaired) electrons. The van der Waals surface area contributed by atoms with Crippen molar-refractivity contribution in [2.45, 2.75) is 38.3 Å². The van der Waals surface area contributed by atoms with Crippen molar-refractivity contribution >= 4 is 17.3 Å². The molecule has 0 spiro atoms. The van der Waals surface area contributed by atoms with E-state index in [1.54, 1.807) is 4.68 Å². The summed E-state index contributed by atoms with van der Waals surface area (Å²) in [6.45, 7) is 0.694. The first-order valence-corrected chi connectivity index (χ1v) is 6.18.